The van der Waals surface area contributed by atoms with E-state index in [1.807, 2.05) is 6.92 Å². The van der Waals surface area contributed by atoms with E-state index in [1.54, 1.807) is 0 Å². The molecule has 0 aliphatic heterocycles. The second-order valence-corrected chi connectivity index (χ2v) is 2.65. The molecule has 0 fully saturated rings. The van der Waals surface area contributed by atoms with Crippen LogP contribution in [0.4, 0.5) is 0 Å². The molecule has 0 spiro atoms. The number of rotatable bonds is 5. The number of aliphatic carboxylic acids is 1. The number of carboxylic acid groups (broad SMARTS) is 1. The number of carboxylic acids is 1. The van der Waals surface area contributed by atoms with Gasteiger partial charge in [0.15, 0.2) is 0 Å². The Bertz CT molecular complexity index is 151. The van der Waals surface area contributed by atoms with Crippen LogP contribution in [0.15, 0.2) is 0 Å². The van der Waals surface area contributed by atoms with Crippen molar-refractivity contribution in [2.24, 2.45) is 5.92 Å². The van der Waals surface area contributed by atoms with Crippen LogP contribution in [0.3, 0.4) is 0 Å². The zero-order valence-corrected chi connectivity index (χ0v) is 6.96. The maximum absolute atomic E-state index is 10.8. The lowest BCUT2D eigenvalue weighted by molar-refractivity contribution is -0.137. The highest BCUT2D eigenvalue weighted by Crippen LogP contribution is 2.11. The molecule has 1 unspecified atom stereocenters. The van der Waals surface area contributed by atoms with E-state index in [4.69, 9.17) is 5.11 Å². The Morgan fingerprint density at radius 2 is 2.00 bits per heavy atom. The van der Waals surface area contributed by atoms with Gasteiger partial charge in [0.25, 0.3) is 0 Å². The molecular formula is C8H14O3. The van der Waals surface area contributed by atoms with Gasteiger partial charge in [-0.1, -0.05) is 6.92 Å². The van der Waals surface area contributed by atoms with Crippen molar-refractivity contribution in [3.05, 3.63) is 0 Å². The van der Waals surface area contributed by atoms with Crippen LogP contribution in [-0.2, 0) is 9.59 Å². The summed E-state index contributed by atoms with van der Waals surface area (Å²) < 4.78 is 0. The zero-order valence-electron chi connectivity index (χ0n) is 6.96. The summed E-state index contributed by atoms with van der Waals surface area (Å²) in [6.07, 6.45) is 1.31. The van der Waals surface area contributed by atoms with E-state index < -0.39 is 5.97 Å². The lowest BCUT2D eigenvalue weighted by Gasteiger charge is -2.07. The molecule has 1 atom stereocenters. The Labute approximate surface area is 66.4 Å². The highest BCUT2D eigenvalue weighted by atomic mass is 16.4. The first-order chi connectivity index (χ1) is 5.07. The minimum absolute atomic E-state index is 0.0638. The largest absolute Gasteiger partial charge is 0.481 e. The third-order valence-corrected chi connectivity index (χ3v) is 1.77. The molecule has 3 heteroatoms. The fraction of sp³-hybridized carbons (Fsp3) is 0.750. The molecule has 0 saturated carbocycles. The van der Waals surface area contributed by atoms with Gasteiger partial charge in [0, 0.05) is 12.3 Å². The van der Waals surface area contributed by atoms with Gasteiger partial charge in [-0.05, 0) is 19.8 Å². The molecule has 11 heavy (non-hydrogen) atoms. The Morgan fingerprint density at radius 1 is 1.45 bits per heavy atom. The predicted molar refractivity (Wildman–Crippen MR) is 41.3 cm³/mol. The van der Waals surface area contributed by atoms with Crippen LogP contribution in [0.1, 0.15) is 33.1 Å². The average molecular weight is 158 g/mol. The summed E-state index contributed by atoms with van der Waals surface area (Å²) in [5.74, 6) is -0.801. The summed E-state index contributed by atoms with van der Waals surface area (Å²) >= 11 is 0. The van der Waals surface area contributed by atoms with Crippen LogP contribution in [0.2, 0.25) is 0 Å². The Morgan fingerprint density at radius 3 is 2.27 bits per heavy atom. The number of carbonyl (C=O) groups is 2. The molecule has 0 aromatic carbocycles. The average Bonchev–Trinajstić information content (AvgIpc) is 1.87. The first kappa shape index (κ1) is 10.1. The van der Waals surface area contributed by atoms with Crippen LogP contribution in [0.25, 0.3) is 0 Å². The SMILES string of the molecule is CCC(CCC(=O)O)C(C)=O. The van der Waals surface area contributed by atoms with Crippen molar-refractivity contribution in [1.29, 1.82) is 0 Å². The van der Waals surface area contributed by atoms with Crippen molar-refractivity contribution in [3.8, 4) is 0 Å². The first-order valence-electron chi connectivity index (χ1n) is 3.80. The quantitative estimate of drug-likeness (QED) is 0.659. The van der Waals surface area contributed by atoms with Crippen molar-refractivity contribution in [3.63, 3.8) is 0 Å². The van der Waals surface area contributed by atoms with Crippen molar-refractivity contribution < 1.29 is 14.7 Å². The fourth-order valence-corrected chi connectivity index (χ4v) is 0.993. The molecule has 0 radical (unpaired) electrons. The minimum Gasteiger partial charge on any atom is -0.481 e. The molecule has 0 rings (SSSR count). The van der Waals surface area contributed by atoms with E-state index >= 15 is 0 Å². The van der Waals surface area contributed by atoms with Crippen molar-refractivity contribution in [2.75, 3.05) is 0 Å². The molecular weight excluding hydrogens is 144 g/mol. The molecule has 0 aliphatic carbocycles. The molecule has 1 N–H and O–H groups in total. The van der Waals surface area contributed by atoms with Crippen molar-refractivity contribution in [2.45, 2.75) is 33.1 Å². The smallest absolute Gasteiger partial charge is 0.303 e. The van der Waals surface area contributed by atoms with E-state index in [9.17, 15) is 9.59 Å². The first-order valence-corrected chi connectivity index (χ1v) is 3.80. The van der Waals surface area contributed by atoms with Gasteiger partial charge < -0.3 is 5.11 Å². The lowest BCUT2D eigenvalue weighted by Crippen LogP contribution is -2.11. The normalized spacial score (nSPS) is 12.5. The standard InChI is InChI=1S/C8H14O3/c1-3-7(6(2)9)4-5-8(10)11/h7H,3-5H2,1-2H3,(H,10,11). The van der Waals surface area contributed by atoms with Crippen LogP contribution in [0.5, 0.6) is 0 Å². The molecule has 0 saturated heterocycles. The van der Waals surface area contributed by atoms with E-state index in [0.29, 0.717) is 6.42 Å². The summed E-state index contributed by atoms with van der Waals surface area (Å²) in [5.41, 5.74) is 0. The van der Waals surface area contributed by atoms with Gasteiger partial charge in [0.05, 0.1) is 0 Å². The van der Waals surface area contributed by atoms with Gasteiger partial charge in [-0.25, -0.2) is 0 Å². The van der Waals surface area contributed by atoms with E-state index in [2.05, 4.69) is 0 Å². The third kappa shape index (κ3) is 4.53. The molecule has 0 heterocycles. The molecule has 0 amide bonds. The fourth-order valence-electron chi connectivity index (χ4n) is 0.993. The van der Waals surface area contributed by atoms with Crippen LogP contribution < -0.4 is 0 Å². The highest BCUT2D eigenvalue weighted by molar-refractivity contribution is 5.78. The number of hydrogen-bond acceptors (Lipinski definition) is 2. The summed E-state index contributed by atoms with van der Waals surface area (Å²) in [4.78, 5) is 20.9. The summed E-state index contributed by atoms with van der Waals surface area (Å²) in [7, 11) is 0. The van der Waals surface area contributed by atoms with E-state index in [-0.39, 0.29) is 18.1 Å². The third-order valence-electron chi connectivity index (χ3n) is 1.77. The van der Waals surface area contributed by atoms with Gasteiger partial charge in [-0.3, -0.25) is 9.59 Å². The zero-order chi connectivity index (χ0) is 8.85. The Kier molecular flexibility index (Phi) is 4.50. The Balaban J connectivity index is 3.70. The second-order valence-electron chi connectivity index (χ2n) is 2.65. The van der Waals surface area contributed by atoms with Gasteiger partial charge in [-0.15, -0.1) is 0 Å². The van der Waals surface area contributed by atoms with Crippen molar-refractivity contribution in [1.82, 2.24) is 0 Å². The van der Waals surface area contributed by atoms with Crippen LogP contribution in [-0.4, -0.2) is 16.9 Å². The molecule has 0 aromatic heterocycles. The molecule has 0 aromatic rings. The van der Waals surface area contributed by atoms with Gasteiger partial charge in [0.2, 0.25) is 0 Å². The topological polar surface area (TPSA) is 54.4 Å². The monoisotopic (exact) mass is 158 g/mol. The minimum atomic E-state index is -0.829. The Hall–Kier alpha value is -0.860. The van der Waals surface area contributed by atoms with Crippen LogP contribution in [0, 0.1) is 5.92 Å². The van der Waals surface area contributed by atoms with Gasteiger partial charge >= 0.3 is 5.97 Å². The van der Waals surface area contributed by atoms with Crippen LogP contribution >= 0.6 is 0 Å². The summed E-state index contributed by atoms with van der Waals surface area (Å²) in [6.45, 7) is 3.41. The maximum Gasteiger partial charge on any atom is 0.303 e. The number of hydrogen-bond donors (Lipinski definition) is 1. The molecule has 0 aliphatic rings. The van der Waals surface area contributed by atoms with Gasteiger partial charge in [0.1, 0.15) is 5.78 Å². The lowest BCUT2D eigenvalue weighted by atomic mass is 9.97. The number of ketones is 1. The predicted octanol–water partition coefficient (Wildman–Crippen LogP) is 1.47. The number of carbonyl (C=O) groups excluding carboxylic acids is 1. The van der Waals surface area contributed by atoms with E-state index in [1.165, 1.54) is 6.92 Å². The second kappa shape index (κ2) is 4.88. The number of Topliss-reactive ketones (excluding diaryl/α,β-unsaturated/α-hetero) is 1. The maximum atomic E-state index is 10.8. The van der Waals surface area contributed by atoms with E-state index in [0.717, 1.165) is 6.42 Å². The summed E-state index contributed by atoms with van der Waals surface area (Å²) in [5, 5.41) is 8.33. The van der Waals surface area contributed by atoms with Gasteiger partial charge in [-0.2, -0.15) is 0 Å². The molecule has 64 valence electrons. The molecule has 3 nitrogen and oxygen atoms in total. The molecule has 0 bridgehead atoms. The highest BCUT2D eigenvalue weighted by Gasteiger charge is 2.12. The van der Waals surface area contributed by atoms with Crippen molar-refractivity contribution >= 4 is 11.8 Å². The summed E-state index contributed by atoms with van der Waals surface area (Å²) in [6, 6.07) is 0.